The molecule has 0 heterocycles. The summed E-state index contributed by atoms with van der Waals surface area (Å²) in [5, 5.41) is 2.47. The van der Waals surface area contributed by atoms with Gasteiger partial charge >= 0.3 is 5.97 Å². The van der Waals surface area contributed by atoms with Gasteiger partial charge in [-0.05, 0) is 30.2 Å². The van der Waals surface area contributed by atoms with E-state index in [1.54, 1.807) is 19.1 Å². The number of primary amides is 1. The molecule has 0 unspecified atom stereocenters. The summed E-state index contributed by atoms with van der Waals surface area (Å²) in [6.07, 6.45) is -0.295. The molecule has 2 aromatic rings. The molecule has 6 heteroatoms. The summed E-state index contributed by atoms with van der Waals surface area (Å²) in [4.78, 5) is 35.2. The third-order valence-corrected chi connectivity index (χ3v) is 3.58. The molecule has 0 aliphatic rings. The summed E-state index contributed by atoms with van der Waals surface area (Å²) in [6.45, 7) is 1.85. The number of nitrogens with one attached hydrogen (secondary N) is 1. The van der Waals surface area contributed by atoms with Gasteiger partial charge in [0.2, 0.25) is 5.91 Å². The van der Waals surface area contributed by atoms with Gasteiger partial charge in [-0.1, -0.05) is 42.5 Å². The average Bonchev–Trinajstić information content (AvgIpc) is 2.62. The highest BCUT2D eigenvalue weighted by Crippen LogP contribution is 2.19. The van der Waals surface area contributed by atoms with Crippen LogP contribution in [0.3, 0.4) is 0 Å². The Morgan fingerprint density at radius 3 is 2.16 bits per heavy atom. The van der Waals surface area contributed by atoms with Crippen molar-refractivity contribution in [2.75, 3.05) is 6.61 Å². The molecule has 1 atom stereocenters. The number of amides is 2. The zero-order valence-electron chi connectivity index (χ0n) is 13.9. The van der Waals surface area contributed by atoms with Gasteiger partial charge in [0.15, 0.2) is 0 Å². The van der Waals surface area contributed by atoms with Crippen molar-refractivity contribution in [2.24, 2.45) is 5.73 Å². The van der Waals surface area contributed by atoms with Crippen molar-refractivity contribution >= 4 is 17.8 Å². The number of hydrogen-bond donors (Lipinski definition) is 2. The van der Waals surface area contributed by atoms with E-state index in [1.807, 2.05) is 42.5 Å². The number of nitrogens with two attached hydrogens (primary N) is 1. The Morgan fingerprint density at radius 1 is 1.00 bits per heavy atom. The first-order valence-corrected chi connectivity index (χ1v) is 7.92. The molecule has 3 N–H and O–H groups in total. The second-order valence-electron chi connectivity index (χ2n) is 5.38. The van der Waals surface area contributed by atoms with E-state index in [2.05, 4.69) is 5.32 Å². The van der Waals surface area contributed by atoms with Gasteiger partial charge in [-0.25, -0.2) is 0 Å². The normalized spacial score (nSPS) is 11.4. The molecule has 0 saturated carbocycles. The molecule has 0 radical (unpaired) electrons. The van der Waals surface area contributed by atoms with E-state index in [4.69, 9.17) is 10.5 Å². The van der Waals surface area contributed by atoms with E-state index in [-0.39, 0.29) is 13.0 Å². The molecular weight excluding hydrogens is 320 g/mol. The fourth-order valence-electron chi connectivity index (χ4n) is 2.30. The van der Waals surface area contributed by atoms with Gasteiger partial charge in [0.25, 0.3) is 5.91 Å². The van der Waals surface area contributed by atoms with Crippen molar-refractivity contribution in [3.05, 3.63) is 60.2 Å². The van der Waals surface area contributed by atoms with E-state index < -0.39 is 23.8 Å². The average molecular weight is 340 g/mol. The monoisotopic (exact) mass is 340 g/mol. The maximum absolute atomic E-state index is 12.3. The second kappa shape index (κ2) is 8.63. The van der Waals surface area contributed by atoms with Crippen LogP contribution in [0.4, 0.5) is 0 Å². The van der Waals surface area contributed by atoms with E-state index in [9.17, 15) is 14.4 Å². The molecule has 25 heavy (non-hydrogen) atoms. The highest BCUT2D eigenvalue weighted by atomic mass is 16.5. The van der Waals surface area contributed by atoms with Crippen molar-refractivity contribution < 1.29 is 19.1 Å². The summed E-state index contributed by atoms with van der Waals surface area (Å²) >= 11 is 0. The van der Waals surface area contributed by atoms with Gasteiger partial charge in [0.05, 0.1) is 13.0 Å². The van der Waals surface area contributed by atoms with E-state index >= 15 is 0 Å². The van der Waals surface area contributed by atoms with Gasteiger partial charge in [0.1, 0.15) is 6.04 Å². The van der Waals surface area contributed by atoms with Gasteiger partial charge in [-0.15, -0.1) is 0 Å². The molecule has 2 amide bonds. The molecule has 130 valence electrons. The third-order valence-electron chi connectivity index (χ3n) is 3.58. The van der Waals surface area contributed by atoms with Crippen LogP contribution in [0.5, 0.6) is 0 Å². The van der Waals surface area contributed by atoms with Gasteiger partial charge in [-0.3, -0.25) is 14.4 Å². The summed E-state index contributed by atoms with van der Waals surface area (Å²) in [7, 11) is 0. The smallest absolute Gasteiger partial charge is 0.308 e. The van der Waals surface area contributed by atoms with Crippen LogP contribution in [0.15, 0.2) is 54.6 Å². The Labute approximate surface area is 146 Å². The number of benzene rings is 2. The molecule has 6 nitrogen and oxygen atoms in total. The van der Waals surface area contributed by atoms with Crippen LogP contribution in [-0.2, 0) is 14.3 Å². The van der Waals surface area contributed by atoms with Gasteiger partial charge in [0, 0.05) is 5.56 Å². The fraction of sp³-hybridized carbons (Fsp3) is 0.211. The van der Waals surface area contributed by atoms with Crippen molar-refractivity contribution in [3.63, 3.8) is 0 Å². The largest absolute Gasteiger partial charge is 0.466 e. The molecule has 0 aromatic heterocycles. The Bertz CT molecular complexity index is 742. The molecule has 0 spiro atoms. The zero-order chi connectivity index (χ0) is 18.2. The molecule has 2 aromatic carbocycles. The lowest BCUT2D eigenvalue weighted by atomic mass is 10.0. The fourth-order valence-corrected chi connectivity index (χ4v) is 2.30. The van der Waals surface area contributed by atoms with Crippen molar-refractivity contribution in [1.29, 1.82) is 0 Å². The molecule has 0 aliphatic carbocycles. The highest BCUT2D eigenvalue weighted by Gasteiger charge is 2.22. The Morgan fingerprint density at radius 2 is 1.60 bits per heavy atom. The lowest BCUT2D eigenvalue weighted by Crippen LogP contribution is -2.45. The lowest BCUT2D eigenvalue weighted by Gasteiger charge is -2.15. The highest BCUT2D eigenvalue weighted by molar-refractivity contribution is 5.98. The number of hydrogen-bond acceptors (Lipinski definition) is 4. The van der Waals surface area contributed by atoms with Crippen LogP contribution in [0, 0.1) is 0 Å². The Kier molecular flexibility index (Phi) is 6.28. The minimum atomic E-state index is -1.11. The molecule has 2 rings (SSSR count). The van der Waals surface area contributed by atoms with Crippen LogP contribution < -0.4 is 11.1 Å². The summed E-state index contributed by atoms with van der Waals surface area (Å²) in [5.41, 5.74) is 7.62. The van der Waals surface area contributed by atoms with Crippen LogP contribution in [0.1, 0.15) is 23.7 Å². The van der Waals surface area contributed by atoms with E-state index in [1.165, 1.54) is 0 Å². The maximum atomic E-state index is 12.3. The first kappa shape index (κ1) is 18.2. The standard InChI is InChI=1S/C19H20N2O4/c1-2-25-17(22)12-16(18(20)23)21-19(24)15-10-8-14(9-11-15)13-6-4-3-5-7-13/h3-11,16H,2,12H2,1H3,(H2,20,23)(H,21,24)/t16-/m1/s1. The van der Waals surface area contributed by atoms with Crippen LogP contribution in [0.2, 0.25) is 0 Å². The number of carbonyl (C=O) groups is 3. The maximum Gasteiger partial charge on any atom is 0.308 e. The molecular formula is C19H20N2O4. The third kappa shape index (κ3) is 5.17. The van der Waals surface area contributed by atoms with Gasteiger partial charge in [-0.2, -0.15) is 0 Å². The van der Waals surface area contributed by atoms with E-state index in [0.29, 0.717) is 5.56 Å². The minimum absolute atomic E-state index is 0.194. The van der Waals surface area contributed by atoms with Crippen LogP contribution in [0.25, 0.3) is 11.1 Å². The topological polar surface area (TPSA) is 98.5 Å². The predicted molar refractivity (Wildman–Crippen MR) is 93.6 cm³/mol. The van der Waals surface area contributed by atoms with Crippen LogP contribution in [-0.4, -0.2) is 30.4 Å². The zero-order valence-corrected chi connectivity index (χ0v) is 13.9. The summed E-state index contributed by atoms with van der Waals surface area (Å²) in [5.74, 6) is -1.86. The SMILES string of the molecule is CCOC(=O)C[C@@H](NC(=O)c1ccc(-c2ccccc2)cc1)C(N)=O. The number of rotatable bonds is 7. The summed E-state index contributed by atoms with van der Waals surface area (Å²) in [6, 6.07) is 15.6. The Hall–Kier alpha value is -3.15. The first-order chi connectivity index (χ1) is 12.0. The lowest BCUT2D eigenvalue weighted by molar-refractivity contribution is -0.145. The molecule has 0 bridgehead atoms. The van der Waals surface area contributed by atoms with Gasteiger partial charge < -0.3 is 15.8 Å². The van der Waals surface area contributed by atoms with Crippen molar-refractivity contribution in [3.8, 4) is 11.1 Å². The molecule has 0 aliphatic heterocycles. The predicted octanol–water partition coefficient (Wildman–Crippen LogP) is 1.89. The van der Waals surface area contributed by atoms with Crippen molar-refractivity contribution in [1.82, 2.24) is 5.32 Å². The Balaban J connectivity index is 2.06. The molecule has 0 saturated heterocycles. The molecule has 0 fully saturated rings. The van der Waals surface area contributed by atoms with Crippen molar-refractivity contribution in [2.45, 2.75) is 19.4 Å². The minimum Gasteiger partial charge on any atom is -0.466 e. The summed E-state index contributed by atoms with van der Waals surface area (Å²) < 4.78 is 4.78. The number of ether oxygens (including phenoxy) is 1. The first-order valence-electron chi connectivity index (χ1n) is 7.92. The van der Waals surface area contributed by atoms with Crippen LogP contribution >= 0.6 is 0 Å². The number of esters is 1. The number of carbonyl (C=O) groups excluding carboxylic acids is 3. The quantitative estimate of drug-likeness (QED) is 0.752. The van der Waals surface area contributed by atoms with E-state index in [0.717, 1.165) is 11.1 Å². The second-order valence-corrected chi connectivity index (χ2v) is 5.38.